The van der Waals surface area contributed by atoms with E-state index >= 15 is 0 Å². The Morgan fingerprint density at radius 2 is 2.22 bits per heavy atom. The third kappa shape index (κ3) is 2.80. The molecular weight excluding hydrogens is 310 g/mol. The number of hydrogen-bond acceptors (Lipinski definition) is 5. The number of aromatic nitrogens is 2. The number of fused-ring (bicyclic) bond motifs is 1. The van der Waals surface area contributed by atoms with Crippen molar-refractivity contribution < 1.29 is 9.32 Å². The van der Waals surface area contributed by atoms with Crippen LogP contribution in [-0.4, -0.2) is 34.0 Å². The minimum Gasteiger partial charge on any atom is -0.339 e. The Bertz CT molecular complexity index is 721. The molecule has 0 bridgehead atoms. The Labute approximate surface area is 139 Å². The van der Waals surface area contributed by atoms with Crippen molar-refractivity contribution in [2.24, 2.45) is 0 Å². The smallest absolute Gasteiger partial charge is 0.255 e. The maximum atomic E-state index is 13.0. The number of amides is 1. The monoisotopic (exact) mass is 331 g/mol. The van der Waals surface area contributed by atoms with Crippen molar-refractivity contribution in [3.63, 3.8) is 0 Å². The van der Waals surface area contributed by atoms with E-state index in [9.17, 15) is 4.79 Å². The molecule has 2 aromatic heterocycles. The first kappa shape index (κ1) is 14.9. The summed E-state index contributed by atoms with van der Waals surface area (Å²) in [5.41, 5.74) is 2.24. The number of carbonyl (C=O) groups excluding carboxylic acids is 1. The molecule has 5 nitrogen and oxygen atoms in total. The molecule has 1 aliphatic heterocycles. The molecule has 1 saturated heterocycles. The van der Waals surface area contributed by atoms with Gasteiger partial charge in [-0.15, -0.1) is 11.3 Å². The molecule has 23 heavy (non-hydrogen) atoms. The molecule has 0 unspecified atom stereocenters. The van der Waals surface area contributed by atoms with Crippen molar-refractivity contribution in [3.8, 4) is 0 Å². The highest BCUT2D eigenvalue weighted by atomic mass is 32.1. The van der Waals surface area contributed by atoms with Gasteiger partial charge in [0.05, 0.1) is 11.5 Å². The van der Waals surface area contributed by atoms with Crippen LogP contribution in [0.25, 0.3) is 0 Å². The summed E-state index contributed by atoms with van der Waals surface area (Å²) in [7, 11) is 0. The average Bonchev–Trinajstić information content (AvgIpc) is 3.20. The van der Waals surface area contributed by atoms with E-state index in [2.05, 4.69) is 15.5 Å². The van der Waals surface area contributed by atoms with Crippen LogP contribution in [0.5, 0.6) is 0 Å². The molecule has 1 amide bonds. The van der Waals surface area contributed by atoms with Crippen LogP contribution in [0.4, 0.5) is 0 Å². The van der Waals surface area contributed by atoms with Gasteiger partial charge in [0.2, 0.25) is 5.89 Å². The predicted molar refractivity (Wildman–Crippen MR) is 87.9 cm³/mol. The zero-order valence-corrected chi connectivity index (χ0v) is 14.2. The lowest BCUT2D eigenvalue weighted by atomic mass is 9.94. The molecule has 0 saturated carbocycles. The van der Waals surface area contributed by atoms with Gasteiger partial charge in [-0.2, -0.15) is 4.98 Å². The second-order valence-electron chi connectivity index (χ2n) is 6.53. The third-order valence-corrected chi connectivity index (χ3v) is 5.98. The van der Waals surface area contributed by atoms with Crippen LogP contribution in [0.2, 0.25) is 0 Å². The summed E-state index contributed by atoms with van der Waals surface area (Å²) < 4.78 is 5.32. The normalized spacial score (nSPS) is 21.3. The molecule has 1 aliphatic carbocycles. The number of thiophene rings is 1. The van der Waals surface area contributed by atoms with Gasteiger partial charge in [-0.25, -0.2) is 0 Å². The molecule has 0 N–H and O–H groups in total. The van der Waals surface area contributed by atoms with Crippen molar-refractivity contribution >= 4 is 17.2 Å². The van der Waals surface area contributed by atoms with E-state index in [1.54, 1.807) is 11.3 Å². The summed E-state index contributed by atoms with van der Waals surface area (Å²) in [6, 6.07) is 0. The SMILES string of the molecule is Cc1noc([C@H]2CCCN(C(=O)c3csc4c3CCCC4)C2)n1. The van der Waals surface area contributed by atoms with Gasteiger partial charge in [-0.05, 0) is 51.0 Å². The van der Waals surface area contributed by atoms with Crippen LogP contribution in [0.3, 0.4) is 0 Å². The molecule has 0 radical (unpaired) electrons. The van der Waals surface area contributed by atoms with Crippen LogP contribution in [0.15, 0.2) is 9.90 Å². The first-order chi connectivity index (χ1) is 11.2. The molecular formula is C17H21N3O2S. The summed E-state index contributed by atoms with van der Waals surface area (Å²) in [6.07, 6.45) is 6.64. The summed E-state index contributed by atoms with van der Waals surface area (Å²) in [6.45, 7) is 3.34. The Morgan fingerprint density at radius 1 is 1.35 bits per heavy atom. The lowest BCUT2D eigenvalue weighted by molar-refractivity contribution is 0.0695. The van der Waals surface area contributed by atoms with Gasteiger partial charge in [-0.1, -0.05) is 5.16 Å². The third-order valence-electron chi connectivity index (χ3n) is 4.89. The highest BCUT2D eigenvalue weighted by molar-refractivity contribution is 7.10. The molecule has 6 heteroatoms. The molecule has 1 fully saturated rings. The molecule has 0 aromatic carbocycles. The van der Waals surface area contributed by atoms with Crippen LogP contribution in [0.1, 0.15) is 64.1 Å². The number of hydrogen-bond donors (Lipinski definition) is 0. The standard InChI is InChI=1S/C17H21N3O2S/c1-11-18-16(22-19-11)12-5-4-8-20(9-12)17(21)14-10-23-15-7-3-2-6-13(14)15/h10,12H,2-9H2,1H3/t12-/m0/s1. The number of piperidine rings is 1. The second-order valence-corrected chi connectivity index (χ2v) is 7.49. The molecule has 3 heterocycles. The van der Waals surface area contributed by atoms with E-state index in [4.69, 9.17) is 4.52 Å². The average molecular weight is 331 g/mol. The fourth-order valence-electron chi connectivity index (χ4n) is 3.69. The first-order valence-electron chi connectivity index (χ1n) is 8.41. The largest absolute Gasteiger partial charge is 0.339 e. The minimum absolute atomic E-state index is 0.170. The van der Waals surface area contributed by atoms with Crippen molar-refractivity contribution in [2.75, 3.05) is 13.1 Å². The van der Waals surface area contributed by atoms with Gasteiger partial charge in [0.1, 0.15) is 0 Å². The fraction of sp³-hybridized carbons (Fsp3) is 0.588. The summed E-state index contributed by atoms with van der Waals surface area (Å²) in [4.78, 5) is 20.7. The fourth-order valence-corrected chi connectivity index (χ4v) is 4.81. The van der Waals surface area contributed by atoms with E-state index in [1.165, 1.54) is 23.3 Å². The molecule has 2 aliphatic rings. The van der Waals surface area contributed by atoms with E-state index < -0.39 is 0 Å². The zero-order chi connectivity index (χ0) is 15.8. The highest BCUT2D eigenvalue weighted by Crippen LogP contribution is 2.33. The Balaban J connectivity index is 1.53. The maximum absolute atomic E-state index is 13.0. The van der Waals surface area contributed by atoms with E-state index in [0.717, 1.165) is 37.8 Å². The van der Waals surface area contributed by atoms with Crippen LogP contribution < -0.4 is 0 Å². The maximum Gasteiger partial charge on any atom is 0.255 e. The minimum atomic E-state index is 0.170. The van der Waals surface area contributed by atoms with E-state index in [0.29, 0.717) is 18.3 Å². The number of aryl methyl sites for hydroxylation is 2. The predicted octanol–water partition coefficient (Wildman–Crippen LogP) is 3.34. The Kier molecular flexibility index (Phi) is 3.93. The van der Waals surface area contributed by atoms with Gasteiger partial charge >= 0.3 is 0 Å². The lowest BCUT2D eigenvalue weighted by Gasteiger charge is -2.31. The van der Waals surface area contributed by atoms with E-state index in [1.807, 2.05) is 11.8 Å². The van der Waals surface area contributed by atoms with Gasteiger partial charge < -0.3 is 9.42 Å². The summed E-state index contributed by atoms with van der Waals surface area (Å²) in [5.74, 6) is 1.69. The number of likely N-dealkylation sites (tertiary alicyclic amines) is 1. The van der Waals surface area contributed by atoms with Crippen molar-refractivity contribution in [1.29, 1.82) is 0 Å². The van der Waals surface area contributed by atoms with Crippen molar-refractivity contribution in [1.82, 2.24) is 15.0 Å². The van der Waals surface area contributed by atoms with Crippen LogP contribution in [-0.2, 0) is 12.8 Å². The quantitative estimate of drug-likeness (QED) is 0.847. The summed E-state index contributed by atoms with van der Waals surface area (Å²) in [5, 5.41) is 5.95. The van der Waals surface area contributed by atoms with Gasteiger partial charge in [0.15, 0.2) is 5.82 Å². The number of rotatable bonds is 2. The zero-order valence-electron chi connectivity index (χ0n) is 13.4. The van der Waals surface area contributed by atoms with Crippen molar-refractivity contribution in [2.45, 2.75) is 51.4 Å². The molecule has 4 rings (SSSR count). The molecule has 0 spiro atoms. The van der Waals surface area contributed by atoms with Gasteiger partial charge in [0.25, 0.3) is 5.91 Å². The highest BCUT2D eigenvalue weighted by Gasteiger charge is 2.30. The molecule has 122 valence electrons. The Morgan fingerprint density at radius 3 is 3.04 bits per heavy atom. The first-order valence-corrected chi connectivity index (χ1v) is 9.29. The number of nitrogens with zero attached hydrogens (tertiary/aromatic N) is 3. The van der Waals surface area contributed by atoms with Crippen LogP contribution >= 0.6 is 11.3 Å². The summed E-state index contributed by atoms with van der Waals surface area (Å²) >= 11 is 1.76. The van der Waals surface area contributed by atoms with E-state index in [-0.39, 0.29) is 11.8 Å². The molecule has 1 atom stereocenters. The second kappa shape index (κ2) is 6.07. The van der Waals surface area contributed by atoms with Crippen LogP contribution in [0, 0.1) is 6.92 Å². The lowest BCUT2D eigenvalue weighted by Crippen LogP contribution is -2.39. The van der Waals surface area contributed by atoms with Gasteiger partial charge in [0, 0.05) is 23.3 Å². The number of carbonyl (C=O) groups is 1. The van der Waals surface area contributed by atoms with Gasteiger partial charge in [-0.3, -0.25) is 4.79 Å². The topological polar surface area (TPSA) is 59.2 Å². The van der Waals surface area contributed by atoms with Crippen molar-refractivity contribution in [3.05, 3.63) is 33.1 Å². The molecule has 2 aromatic rings. The Hall–Kier alpha value is -1.69.